The van der Waals surface area contributed by atoms with Crippen LogP contribution in [0.5, 0.6) is 0 Å². The van der Waals surface area contributed by atoms with Crippen LogP contribution in [0.3, 0.4) is 0 Å². The zero-order valence-electron chi connectivity index (χ0n) is 21.2. The Morgan fingerprint density at radius 2 is 1.54 bits per heavy atom. The lowest BCUT2D eigenvalue weighted by Crippen LogP contribution is -2.50. The highest BCUT2D eigenvalue weighted by molar-refractivity contribution is 6.74. The molecule has 1 fully saturated rings. The molecule has 0 aliphatic carbocycles. The molecule has 0 bridgehead atoms. The highest BCUT2D eigenvalue weighted by atomic mass is 28.4. The third-order valence-electron chi connectivity index (χ3n) is 6.88. The zero-order valence-corrected chi connectivity index (χ0v) is 22.2. The molecule has 2 atom stereocenters. The molecule has 2 aromatic rings. The molecule has 0 aromatic heterocycles. The van der Waals surface area contributed by atoms with Crippen LogP contribution >= 0.6 is 0 Å². The van der Waals surface area contributed by atoms with E-state index in [1.165, 1.54) is 0 Å². The number of carbonyl (C=O) groups is 3. The maximum absolute atomic E-state index is 13.0. The monoisotopic (exact) mass is 496 g/mol. The molecular formula is C27H36N2O5Si. The topological polar surface area (TPSA) is 98.9 Å². The van der Waals surface area contributed by atoms with Crippen molar-refractivity contribution in [1.82, 2.24) is 5.06 Å². The number of rotatable bonds is 9. The van der Waals surface area contributed by atoms with Gasteiger partial charge in [-0.2, -0.15) is 0 Å². The van der Waals surface area contributed by atoms with Crippen LogP contribution in [0.1, 0.15) is 55.1 Å². The Balaban J connectivity index is 1.87. The van der Waals surface area contributed by atoms with E-state index in [-0.39, 0.29) is 35.6 Å². The van der Waals surface area contributed by atoms with Crippen molar-refractivity contribution in [3.05, 3.63) is 71.3 Å². The second-order valence-corrected chi connectivity index (χ2v) is 15.3. The van der Waals surface area contributed by atoms with Crippen LogP contribution in [0.15, 0.2) is 54.6 Å². The van der Waals surface area contributed by atoms with Gasteiger partial charge in [-0.05, 0) is 48.2 Å². The lowest BCUT2D eigenvalue weighted by Gasteiger charge is -2.41. The number of hydrogen-bond donors (Lipinski definition) is 1. The molecule has 35 heavy (non-hydrogen) atoms. The maximum Gasteiger partial charge on any atom is 0.364 e. The molecular weight excluding hydrogens is 460 g/mol. The van der Waals surface area contributed by atoms with Gasteiger partial charge in [-0.15, -0.1) is 5.06 Å². The van der Waals surface area contributed by atoms with Crippen LogP contribution in [0, 0.1) is 0 Å². The molecule has 1 aliphatic rings. The largest absolute Gasteiger partial charge is 0.412 e. The minimum Gasteiger partial charge on any atom is -0.412 e. The molecule has 0 spiro atoms. The summed E-state index contributed by atoms with van der Waals surface area (Å²) in [5, 5.41) is 0.552. The second kappa shape index (κ2) is 10.8. The van der Waals surface area contributed by atoms with Crippen molar-refractivity contribution < 1.29 is 23.6 Å². The predicted octanol–water partition coefficient (Wildman–Crippen LogP) is 4.41. The van der Waals surface area contributed by atoms with Gasteiger partial charge in [0, 0.05) is 18.9 Å². The van der Waals surface area contributed by atoms with Crippen molar-refractivity contribution in [1.29, 1.82) is 0 Å². The number of benzene rings is 2. The van der Waals surface area contributed by atoms with E-state index in [0.717, 1.165) is 5.56 Å². The minimum atomic E-state index is -2.19. The number of hydroxylamine groups is 2. The van der Waals surface area contributed by atoms with Crippen LogP contribution in [0.4, 0.5) is 0 Å². The first kappa shape index (κ1) is 26.8. The van der Waals surface area contributed by atoms with E-state index < -0.39 is 26.1 Å². The molecule has 188 valence electrons. The fourth-order valence-corrected chi connectivity index (χ4v) is 5.13. The van der Waals surface area contributed by atoms with Crippen LogP contribution < -0.4 is 5.73 Å². The summed E-state index contributed by atoms with van der Waals surface area (Å²) in [6, 6.07) is 16.7. The number of hydrogen-bond acceptors (Lipinski definition) is 6. The van der Waals surface area contributed by atoms with Crippen molar-refractivity contribution in [3.63, 3.8) is 0 Å². The first-order chi connectivity index (χ1) is 16.4. The average Bonchev–Trinajstić information content (AvgIpc) is 3.10. The number of nitrogens with zero attached hydrogens (tertiary/aromatic N) is 1. The van der Waals surface area contributed by atoms with Crippen molar-refractivity contribution in [3.8, 4) is 0 Å². The van der Waals surface area contributed by atoms with Gasteiger partial charge >= 0.3 is 5.97 Å². The van der Waals surface area contributed by atoms with E-state index in [1.54, 1.807) is 12.1 Å². The van der Waals surface area contributed by atoms with E-state index in [0.29, 0.717) is 23.5 Å². The van der Waals surface area contributed by atoms with Gasteiger partial charge in [-0.25, -0.2) is 4.79 Å². The number of imide groups is 1. The van der Waals surface area contributed by atoms with Crippen molar-refractivity contribution >= 4 is 26.1 Å². The quantitative estimate of drug-likeness (QED) is 0.408. The van der Waals surface area contributed by atoms with Crippen LogP contribution in [-0.4, -0.2) is 43.3 Å². The van der Waals surface area contributed by atoms with Crippen molar-refractivity contribution in [2.45, 2.75) is 76.7 Å². The number of amides is 2. The first-order valence-corrected chi connectivity index (χ1v) is 14.9. The Morgan fingerprint density at radius 1 is 0.971 bits per heavy atom. The van der Waals surface area contributed by atoms with E-state index in [4.69, 9.17) is 15.0 Å². The van der Waals surface area contributed by atoms with Gasteiger partial charge in [0.15, 0.2) is 8.32 Å². The summed E-state index contributed by atoms with van der Waals surface area (Å²) >= 11 is 0. The Bertz CT molecular complexity index is 1050. The fraction of sp³-hybridized carbons (Fsp3) is 0.444. The van der Waals surface area contributed by atoms with E-state index in [2.05, 4.69) is 33.9 Å². The molecule has 3 rings (SSSR count). The molecule has 2 amide bonds. The van der Waals surface area contributed by atoms with Gasteiger partial charge in [0.05, 0.1) is 11.7 Å². The van der Waals surface area contributed by atoms with E-state index in [9.17, 15) is 14.4 Å². The zero-order chi connectivity index (χ0) is 25.8. The summed E-state index contributed by atoms with van der Waals surface area (Å²) in [6.07, 6.45) is 0.770. The number of carbonyl (C=O) groups excluding carboxylic acids is 3. The molecule has 1 heterocycles. The second-order valence-electron chi connectivity index (χ2n) is 10.6. The summed E-state index contributed by atoms with van der Waals surface area (Å²) in [6.45, 7) is 10.9. The van der Waals surface area contributed by atoms with E-state index in [1.807, 2.05) is 42.5 Å². The van der Waals surface area contributed by atoms with Gasteiger partial charge in [0.25, 0.3) is 11.8 Å². The van der Waals surface area contributed by atoms with Crippen molar-refractivity contribution in [2.75, 3.05) is 0 Å². The Kier molecular flexibility index (Phi) is 8.30. The minimum absolute atomic E-state index is 0.0212. The van der Waals surface area contributed by atoms with Crippen LogP contribution in [0.25, 0.3) is 0 Å². The molecule has 8 heteroatoms. The summed E-state index contributed by atoms with van der Waals surface area (Å²) in [7, 11) is -2.19. The highest BCUT2D eigenvalue weighted by Gasteiger charge is 2.41. The third-order valence-corrected chi connectivity index (χ3v) is 11.4. The normalized spacial score (nSPS) is 16.3. The van der Waals surface area contributed by atoms with Gasteiger partial charge in [-0.1, -0.05) is 69.3 Å². The summed E-state index contributed by atoms with van der Waals surface area (Å²) in [4.78, 5) is 42.0. The standard InChI is InChI=1S/C27H36N2O5Si/c1-27(2,3)35(4,5)34-23(22(28)17-19-11-7-6-8-12-19)18-20-13-9-10-14-21(20)26(32)33-29-24(30)15-16-25(29)31/h6-14,22-23H,15-18,28H2,1-5H3/t22-,23-/m1/s1. The molecule has 0 saturated carbocycles. The van der Waals surface area contributed by atoms with Gasteiger partial charge in [0.1, 0.15) is 0 Å². The smallest absolute Gasteiger partial charge is 0.364 e. The molecule has 2 N–H and O–H groups in total. The molecule has 1 aliphatic heterocycles. The van der Waals surface area contributed by atoms with Crippen molar-refractivity contribution in [2.24, 2.45) is 5.73 Å². The summed E-state index contributed by atoms with van der Waals surface area (Å²) < 4.78 is 6.79. The maximum atomic E-state index is 13.0. The first-order valence-electron chi connectivity index (χ1n) is 12.0. The van der Waals surface area contributed by atoms with Crippen LogP contribution in [-0.2, 0) is 31.7 Å². The Labute approximate surface area is 208 Å². The Hall–Kier alpha value is -2.81. The Morgan fingerprint density at radius 3 is 2.14 bits per heavy atom. The average molecular weight is 497 g/mol. The summed E-state index contributed by atoms with van der Waals surface area (Å²) in [5.74, 6) is -1.76. The highest BCUT2D eigenvalue weighted by Crippen LogP contribution is 2.38. The third kappa shape index (κ3) is 6.65. The fourth-order valence-electron chi connectivity index (χ4n) is 3.76. The van der Waals surface area contributed by atoms with Gasteiger partial charge in [-0.3, -0.25) is 9.59 Å². The number of nitrogens with two attached hydrogens (primary N) is 1. The SMILES string of the molecule is CC(C)(C)[Si](C)(C)O[C@H](Cc1ccccc1C(=O)ON1C(=O)CCC1=O)[C@H](N)Cc1ccccc1. The molecule has 0 unspecified atom stereocenters. The lowest BCUT2D eigenvalue weighted by molar-refractivity contribution is -0.172. The van der Waals surface area contributed by atoms with Crippen LogP contribution in [0.2, 0.25) is 18.1 Å². The molecule has 1 saturated heterocycles. The molecule has 0 radical (unpaired) electrons. The van der Waals surface area contributed by atoms with E-state index >= 15 is 0 Å². The lowest BCUT2D eigenvalue weighted by atomic mass is 9.95. The molecule has 2 aromatic carbocycles. The predicted molar refractivity (Wildman–Crippen MR) is 137 cm³/mol. The summed E-state index contributed by atoms with van der Waals surface area (Å²) in [5.41, 5.74) is 8.83. The van der Waals surface area contributed by atoms with Gasteiger partial charge in [0.2, 0.25) is 0 Å². The van der Waals surface area contributed by atoms with Gasteiger partial charge < -0.3 is 15.0 Å². The molecule has 7 nitrogen and oxygen atoms in total.